The zero-order valence-corrected chi connectivity index (χ0v) is 24.7. The fourth-order valence-electron chi connectivity index (χ4n) is 2.62. The van der Waals surface area contributed by atoms with Gasteiger partial charge in [0.15, 0.2) is 0 Å². The summed E-state index contributed by atoms with van der Waals surface area (Å²) in [4.78, 5) is 14.8. The maximum Gasteiger partial charge on any atom is 0.337 e. The number of nitrogens with zero attached hydrogens (tertiary/aromatic N) is 1. The SMILES string of the molecule is C=CC(Nc1cnccc1C(=O)O)=C(C)C.CC.CC.CCC(C)CC.CCCC(C)CCC. The number of rotatable bonds is 10. The van der Waals surface area contributed by atoms with Gasteiger partial charge in [-0.3, -0.25) is 4.98 Å². The lowest BCUT2D eigenvalue weighted by molar-refractivity contribution is 0.0698. The highest BCUT2D eigenvalue weighted by molar-refractivity contribution is 5.94. The monoisotopic (exact) mass is 478 g/mol. The quantitative estimate of drug-likeness (QED) is 0.328. The van der Waals surface area contributed by atoms with E-state index >= 15 is 0 Å². The zero-order valence-electron chi connectivity index (χ0n) is 24.7. The van der Waals surface area contributed by atoms with Crippen LogP contribution < -0.4 is 5.32 Å². The van der Waals surface area contributed by atoms with Gasteiger partial charge in [-0.2, -0.15) is 0 Å². The third-order valence-electron chi connectivity index (χ3n) is 5.02. The number of hydrogen-bond acceptors (Lipinski definition) is 3. The highest BCUT2D eigenvalue weighted by Crippen LogP contribution is 2.17. The van der Waals surface area contributed by atoms with E-state index < -0.39 is 5.97 Å². The first-order valence-corrected chi connectivity index (χ1v) is 13.4. The zero-order chi connectivity index (χ0) is 27.5. The van der Waals surface area contributed by atoms with Crippen LogP contribution in [0.5, 0.6) is 0 Å². The first kappa shape index (κ1) is 39.1. The predicted octanol–water partition coefficient (Wildman–Crippen LogP) is 10.4. The number of hydrogen-bond donors (Lipinski definition) is 2. The number of carboxylic acid groups (broad SMARTS) is 1. The largest absolute Gasteiger partial charge is 0.478 e. The molecule has 4 nitrogen and oxygen atoms in total. The number of allylic oxidation sites excluding steroid dienone is 2. The fraction of sp³-hybridized carbons (Fsp3) is 0.667. The van der Waals surface area contributed by atoms with Crippen LogP contribution in [0.15, 0.2) is 42.4 Å². The lowest BCUT2D eigenvalue weighted by Gasteiger charge is -2.10. The summed E-state index contributed by atoms with van der Waals surface area (Å²) >= 11 is 0. The van der Waals surface area contributed by atoms with Crippen molar-refractivity contribution in [2.45, 2.75) is 122 Å². The summed E-state index contributed by atoms with van der Waals surface area (Å²) < 4.78 is 0. The van der Waals surface area contributed by atoms with Crippen LogP contribution in [0, 0.1) is 11.8 Å². The Labute approximate surface area is 213 Å². The third-order valence-corrected chi connectivity index (χ3v) is 5.02. The Balaban J connectivity index is -0.000000210. The molecule has 34 heavy (non-hydrogen) atoms. The first-order chi connectivity index (χ1) is 16.2. The number of nitrogens with one attached hydrogen (secondary N) is 1. The highest BCUT2D eigenvalue weighted by Gasteiger charge is 2.09. The van der Waals surface area contributed by atoms with Crippen LogP contribution >= 0.6 is 0 Å². The Hall–Kier alpha value is -2.10. The molecule has 1 aromatic heterocycles. The van der Waals surface area contributed by atoms with Crippen LogP contribution in [-0.4, -0.2) is 16.1 Å². The van der Waals surface area contributed by atoms with E-state index in [4.69, 9.17) is 5.11 Å². The van der Waals surface area contributed by atoms with Gasteiger partial charge in [-0.05, 0) is 37.8 Å². The second-order valence-corrected chi connectivity index (χ2v) is 8.07. The maximum absolute atomic E-state index is 11.0. The van der Waals surface area contributed by atoms with Gasteiger partial charge in [-0.1, -0.05) is 120 Å². The van der Waals surface area contributed by atoms with Gasteiger partial charge in [0.2, 0.25) is 0 Å². The second kappa shape index (κ2) is 28.9. The van der Waals surface area contributed by atoms with Crippen molar-refractivity contribution >= 4 is 11.7 Å². The molecule has 0 radical (unpaired) electrons. The van der Waals surface area contributed by atoms with E-state index in [1.54, 1.807) is 6.08 Å². The Bertz CT molecular complexity index is 610. The van der Waals surface area contributed by atoms with E-state index in [1.165, 1.54) is 57.0 Å². The number of anilines is 1. The lowest BCUT2D eigenvalue weighted by atomic mass is 10.0. The van der Waals surface area contributed by atoms with E-state index in [0.29, 0.717) is 5.69 Å². The fourth-order valence-corrected chi connectivity index (χ4v) is 2.62. The van der Waals surface area contributed by atoms with Crippen molar-refractivity contribution < 1.29 is 9.90 Å². The van der Waals surface area contributed by atoms with Gasteiger partial charge in [-0.25, -0.2) is 4.79 Å². The third kappa shape index (κ3) is 23.1. The Morgan fingerprint density at radius 1 is 1.00 bits per heavy atom. The number of carboxylic acids is 1. The van der Waals surface area contributed by atoms with Crippen LogP contribution in [0.3, 0.4) is 0 Å². The minimum atomic E-state index is -0.984. The van der Waals surface area contributed by atoms with Crippen LogP contribution in [0.2, 0.25) is 0 Å². The summed E-state index contributed by atoms with van der Waals surface area (Å²) in [5.74, 6) is 0.914. The normalized spacial score (nSPS) is 9.00. The van der Waals surface area contributed by atoms with Crippen molar-refractivity contribution in [1.82, 2.24) is 4.98 Å². The Morgan fingerprint density at radius 2 is 1.47 bits per heavy atom. The summed E-state index contributed by atoms with van der Waals surface area (Å²) in [5, 5.41) is 12.0. The summed E-state index contributed by atoms with van der Waals surface area (Å²) in [5.41, 5.74) is 2.47. The molecule has 0 saturated heterocycles. The Morgan fingerprint density at radius 3 is 1.76 bits per heavy atom. The summed E-state index contributed by atoms with van der Waals surface area (Å²) in [6, 6.07) is 1.45. The van der Waals surface area contributed by atoms with E-state index in [1.807, 2.05) is 41.5 Å². The first-order valence-electron chi connectivity index (χ1n) is 13.4. The summed E-state index contributed by atoms with van der Waals surface area (Å²) in [6.07, 6.45) is 12.8. The molecule has 2 N–H and O–H groups in total. The van der Waals surface area contributed by atoms with Crippen molar-refractivity contribution in [1.29, 1.82) is 0 Å². The molecule has 200 valence electrons. The molecule has 0 atom stereocenters. The minimum absolute atomic E-state index is 0.190. The van der Waals surface area contributed by atoms with Crippen molar-refractivity contribution in [3.63, 3.8) is 0 Å². The summed E-state index contributed by atoms with van der Waals surface area (Å²) in [6.45, 7) is 29.1. The molecule has 1 rings (SSSR count). The van der Waals surface area contributed by atoms with Gasteiger partial charge in [0, 0.05) is 11.9 Å². The molecule has 0 aliphatic rings. The van der Waals surface area contributed by atoms with E-state index in [9.17, 15) is 4.79 Å². The van der Waals surface area contributed by atoms with E-state index in [0.717, 1.165) is 23.1 Å². The topological polar surface area (TPSA) is 62.2 Å². The average Bonchev–Trinajstić information content (AvgIpc) is 2.85. The molecule has 0 saturated carbocycles. The molecule has 0 aliphatic carbocycles. The average molecular weight is 479 g/mol. The molecule has 0 unspecified atom stereocenters. The van der Waals surface area contributed by atoms with Crippen molar-refractivity contribution in [2.24, 2.45) is 11.8 Å². The van der Waals surface area contributed by atoms with Crippen LogP contribution in [0.25, 0.3) is 0 Å². The van der Waals surface area contributed by atoms with Gasteiger partial charge < -0.3 is 10.4 Å². The molecule has 0 spiro atoms. The minimum Gasteiger partial charge on any atom is -0.478 e. The molecule has 0 amide bonds. The molecule has 0 bridgehead atoms. The molecule has 1 aromatic rings. The molecule has 1 heterocycles. The molecular formula is C30H58N2O2. The highest BCUT2D eigenvalue weighted by atomic mass is 16.4. The van der Waals surface area contributed by atoms with Crippen LogP contribution in [0.1, 0.15) is 132 Å². The van der Waals surface area contributed by atoms with Gasteiger partial charge in [0.25, 0.3) is 0 Å². The van der Waals surface area contributed by atoms with Crippen LogP contribution in [0.4, 0.5) is 5.69 Å². The van der Waals surface area contributed by atoms with Crippen molar-refractivity contribution in [2.75, 3.05) is 5.32 Å². The van der Waals surface area contributed by atoms with Crippen molar-refractivity contribution in [3.05, 3.63) is 47.9 Å². The van der Waals surface area contributed by atoms with Crippen LogP contribution in [-0.2, 0) is 0 Å². The van der Waals surface area contributed by atoms with Gasteiger partial charge in [-0.15, -0.1) is 0 Å². The molecule has 4 heteroatoms. The standard InChI is InChI=1S/C12H14N2O2.C8H18.C6H14.2C2H6/c1-4-10(8(2)3)14-11-7-13-6-5-9(11)12(15)16;1-4-6-8(3)7-5-2;1-4-6(3)5-2;2*1-2/h4-7,14H,1H2,2-3H3,(H,15,16);8H,4-7H2,1-3H3;6H,4-5H2,1-3H3;2*1-2H3. The molecule has 0 aliphatic heterocycles. The molecule has 0 aromatic carbocycles. The number of carbonyl (C=O) groups is 1. The molecular weight excluding hydrogens is 420 g/mol. The Kier molecular flexibility index (Phi) is 33.3. The predicted molar refractivity (Wildman–Crippen MR) is 155 cm³/mol. The molecule has 0 fully saturated rings. The second-order valence-electron chi connectivity index (χ2n) is 8.07. The number of aromatic carboxylic acids is 1. The van der Waals surface area contributed by atoms with Gasteiger partial charge in [0.05, 0.1) is 17.4 Å². The van der Waals surface area contributed by atoms with E-state index in [-0.39, 0.29) is 5.56 Å². The number of pyridine rings is 1. The van der Waals surface area contributed by atoms with E-state index in [2.05, 4.69) is 58.4 Å². The number of aromatic nitrogens is 1. The van der Waals surface area contributed by atoms with Crippen molar-refractivity contribution in [3.8, 4) is 0 Å². The summed E-state index contributed by atoms with van der Waals surface area (Å²) in [7, 11) is 0. The van der Waals surface area contributed by atoms with Gasteiger partial charge >= 0.3 is 5.97 Å². The van der Waals surface area contributed by atoms with Gasteiger partial charge in [0.1, 0.15) is 0 Å². The smallest absolute Gasteiger partial charge is 0.337 e. The maximum atomic E-state index is 11.0. The lowest BCUT2D eigenvalue weighted by Crippen LogP contribution is -2.06.